The van der Waals surface area contributed by atoms with Gasteiger partial charge in [-0.05, 0) is 61.6 Å². The van der Waals surface area contributed by atoms with E-state index in [1.807, 2.05) is 49.6 Å². The van der Waals surface area contributed by atoms with E-state index in [0.717, 1.165) is 40.5 Å². The lowest BCUT2D eigenvalue weighted by Gasteiger charge is -2.22. The van der Waals surface area contributed by atoms with Crippen LogP contribution in [0.1, 0.15) is 43.4 Å². The van der Waals surface area contributed by atoms with Crippen molar-refractivity contribution in [2.24, 2.45) is 5.92 Å². The Bertz CT molecular complexity index is 1240. The predicted octanol–water partition coefficient (Wildman–Crippen LogP) is 6.53. The maximum atomic E-state index is 9.21. The first-order chi connectivity index (χ1) is 15.2. The second kappa shape index (κ2) is 8.35. The van der Waals surface area contributed by atoms with E-state index in [2.05, 4.69) is 33.9 Å². The number of nitrogens with zero attached hydrogens (tertiary/aromatic N) is 4. The van der Waals surface area contributed by atoms with Gasteiger partial charge in [0.1, 0.15) is 0 Å². The Morgan fingerprint density at radius 1 is 0.935 bits per heavy atom. The largest absolute Gasteiger partial charge is 0.346 e. The molecule has 31 heavy (non-hydrogen) atoms. The van der Waals surface area contributed by atoms with Gasteiger partial charge in [0.15, 0.2) is 0 Å². The van der Waals surface area contributed by atoms with Crippen LogP contribution in [0, 0.1) is 24.2 Å². The number of fused-ring (bicyclic) bond motifs is 1. The Balaban J connectivity index is 1.65. The molecule has 0 saturated heterocycles. The number of pyridine rings is 2. The maximum absolute atomic E-state index is 9.21. The SMILES string of the molecule is Cc1ccc(-c2ncc3c(ccn3CC3CCCCC3)c2-c2ccc(C#N)cc2)cn1. The fraction of sp³-hybridized carbons (Fsp3) is 0.296. The molecule has 5 rings (SSSR count). The van der Waals surface area contributed by atoms with Gasteiger partial charge in [0.05, 0.1) is 29.0 Å². The van der Waals surface area contributed by atoms with Gasteiger partial charge in [-0.3, -0.25) is 9.97 Å². The predicted molar refractivity (Wildman–Crippen MR) is 124 cm³/mol. The van der Waals surface area contributed by atoms with Crippen molar-refractivity contribution in [2.45, 2.75) is 45.6 Å². The molecule has 1 aromatic carbocycles. The zero-order valence-corrected chi connectivity index (χ0v) is 17.9. The number of rotatable bonds is 4. The normalized spacial score (nSPS) is 14.6. The molecule has 0 spiro atoms. The van der Waals surface area contributed by atoms with Gasteiger partial charge >= 0.3 is 0 Å². The molecule has 154 valence electrons. The average molecular weight is 407 g/mol. The Labute approximate surface area is 183 Å². The van der Waals surface area contributed by atoms with E-state index in [-0.39, 0.29) is 0 Å². The van der Waals surface area contributed by atoms with Crippen LogP contribution < -0.4 is 0 Å². The number of hydrogen-bond donors (Lipinski definition) is 0. The van der Waals surface area contributed by atoms with Gasteiger partial charge in [-0.2, -0.15) is 5.26 Å². The van der Waals surface area contributed by atoms with Crippen LogP contribution in [0.15, 0.2) is 61.1 Å². The molecular formula is C27H26N4. The van der Waals surface area contributed by atoms with Crippen LogP contribution in [0.5, 0.6) is 0 Å². The van der Waals surface area contributed by atoms with Crippen molar-refractivity contribution in [1.82, 2.24) is 14.5 Å². The molecule has 3 heterocycles. The molecule has 1 aliphatic rings. The van der Waals surface area contributed by atoms with Crippen molar-refractivity contribution >= 4 is 10.9 Å². The van der Waals surface area contributed by atoms with Gasteiger partial charge in [-0.15, -0.1) is 0 Å². The summed E-state index contributed by atoms with van der Waals surface area (Å²) < 4.78 is 2.38. The van der Waals surface area contributed by atoms with Gasteiger partial charge < -0.3 is 4.57 Å². The third kappa shape index (κ3) is 3.84. The fourth-order valence-corrected chi connectivity index (χ4v) is 4.80. The summed E-state index contributed by atoms with van der Waals surface area (Å²) in [5.74, 6) is 0.753. The van der Waals surface area contributed by atoms with Crippen LogP contribution in [0.3, 0.4) is 0 Å². The topological polar surface area (TPSA) is 54.5 Å². The van der Waals surface area contributed by atoms with Crippen molar-refractivity contribution in [3.63, 3.8) is 0 Å². The molecule has 4 aromatic rings. The van der Waals surface area contributed by atoms with Gasteiger partial charge in [-0.1, -0.05) is 31.4 Å². The van der Waals surface area contributed by atoms with Crippen molar-refractivity contribution in [2.75, 3.05) is 0 Å². The molecule has 0 atom stereocenters. The smallest absolute Gasteiger partial charge is 0.0991 e. The van der Waals surface area contributed by atoms with Gasteiger partial charge in [-0.25, -0.2) is 0 Å². The first kappa shape index (κ1) is 19.5. The molecule has 1 saturated carbocycles. The lowest BCUT2D eigenvalue weighted by molar-refractivity contribution is 0.322. The summed E-state index contributed by atoms with van der Waals surface area (Å²) in [6.07, 6.45) is 12.8. The number of aryl methyl sites for hydroxylation is 1. The van der Waals surface area contributed by atoms with Crippen LogP contribution in [0.4, 0.5) is 0 Å². The molecular weight excluding hydrogens is 380 g/mol. The number of nitriles is 1. The van der Waals surface area contributed by atoms with E-state index in [1.165, 1.54) is 43.0 Å². The average Bonchev–Trinajstić information content (AvgIpc) is 3.22. The summed E-state index contributed by atoms with van der Waals surface area (Å²) in [6.45, 7) is 3.05. The third-order valence-electron chi connectivity index (χ3n) is 6.50. The Morgan fingerprint density at radius 2 is 1.71 bits per heavy atom. The molecule has 0 bridgehead atoms. The zero-order chi connectivity index (χ0) is 21.2. The maximum Gasteiger partial charge on any atom is 0.0991 e. The van der Waals surface area contributed by atoms with Crippen molar-refractivity contribution in [3.8, 4) is 28.5 Å². The lowest BCUT2D eigenvalue weighted by atomic mass is 9.89. The minimum Gasteiger partial charge on any atom is -0.346 e. The summed E-state index contributed by atoms with van der Waals surface area (Å²) in [7, 11) is 0. The van der Waals surface area contributed by atoms with Crippen LogP contribution in [0.25, 0.3) is 33.3 Å². The summed E-state index contributed by atoms with van der Waals surface area (Å²) in [6, 6.07) is 16.4. The van der Waals surface area contributed by atoms with E-state index in [1.54, 1.807) is 0 Å². The summed E-state index contributed by atoms with van der Waals surface area (Å²) in [4.78, 5) is 9.42. The van der Waals surface area contributed by atoms with Crippen LogP contribution in [-0.4, -0.2) is 14.5 Å². The highest BCUT2D eigenvalue weighted by Crippen LogP contribution is 2.37. The van der Waals surface area contributed by atoms with Crippen LogP contribution >= 0.6 is 0 Å². The summed E-state index contributed by atoms with van der Waals surface area (Å²) >= 11 is 0. The highest BCUT2D eigenvalue weighted by atomic mass is 15.0. The van der Waals surface area contributed by atoms with E-state index >= 15 is 0 Å². The monoisotopic (exact) mass is 406 g/mol. The van der Waals surface area contributed by atoms with Crippen LogP contribution in [-0.2, 0) is 6.54 Å². The van der Waals surface area contributed by atoms with Gasteiger partial charge in [0.25, 0.3) is 0 Å². The molecule has 4 nitrogen and oxygen atoms in total. The number of aromatic nitrogens is 3. The fourth-order valence-electron chi connectivity index (χ4n) is 4.80. The lowest BCUT2D eigenvalue weighted by Crippen LogP contribution is -2.13. The molecule has 0 radical (unpaired) electrons. The van der Waals surface area contributed by atoms with E-state index in [0.29, 0.717) is 5.56 Å². The number of hydrogen-bond acceptors (Lipinski definition) is 3. The van der Waals surface area contributed by atoms with Crippen LogP contribution in [0.2, 0.25) is 0 Å². The molecule has 3 aromatic heterocycles. The highest BCUT2D eigenvalue weighted by Gasteiger charge is 2.19. The zero-order valence-electron chi connectivity index (χ0n) is 17.9. The Hall–Kier alpha value is -3.45. The van der Waals surface area contributed by atoms with Gasteiger partial charge in [0.2, 0.25) is 0 Å². The molecule has 0 aliphatic heterocycles. The molecule has 0 unspecified atom stereocenters. The van der Waals surface area contributed by atoms with E-state index in [4.69, 9.17) is 4.98 Å². The molecule has 0 amide bonds. The Morgan fingerprint density at radius 3 is 2.42 bits per heavy atom. The molecule has 0 N–H and O–H groups in total. The van der Waals surface area contributed by atoms with E-state index < -0.39 is 0 Å². The molecule has 4 heteroatoms. The summed E-state index contributed by atoms with van der Waals surface area (Å²) in [5.41, 5.74) is 6.94. The van der Waals surface area contributed by atoms with Gasteiger partial charge in [0, 0.05) is 41.1 Å². The quantitative estimate of drug-likeness (QED) is 0.387. The minimum atomic E-state index is 0.664. The number of benzene rings is 1. The third-order valence-corrected chi connectivity index (χ3v) is 6.50. The van der Waals surface area contributed by atoms with Crippen molar-refractivity contribution in [3.05, 3.63) is 72.3 Å². The van der Waals surface area contributed by atoms with Crippen molar-refractivity contribution in [1.29, 1.82) is 5.26 Å². The second-order valence-corrected chi connectivity index (χ2v) is 8.63. The Kier molecular flexibility index (Phi) is 5.26. The summed E-state index contributed by atoms with van der Waals surface area (Å²) in [5, 5.41) is 10.4. The molecule has 1 fully saturated rings. The minimum absolute atomic E-state index is 0.664. The highest BCUT2D eigenvalue weighted by molar-refractivity contribution is 6.01. The first-order valence-corrected chi connectivity index (χ1v) is 11.1. The second-order valence-electron chi connectivity index (χ2n) is 8.63. The standard InChI is InChI=1S/C27H26N4/c1-19-7-10-23(16-29-19)27-26(22-11-8-20(15-28)9-12-22)24-13-14-31(25(24)17-30-27)18-21-5-3-2-4-6-21/h7-14,16-17,21H,2-6,18H2,1H3. The van der Waals surface area contributed by atoms with Crippen molar-refractivity contribution < 1.29 is 0 Å². The molecule has 1 aliphatic carbocycles. The van der Waals surface area contributed by atoms with E-state index in [9.17, 15) is 5.26 Å². The first-order valence-electron chi connectivity index (χ1n) is 11.1.